The van der Waals surface area contributed by atoms with Crippen molar-refractivity contribution >= 4 is 11.6 Å². The number of aliphatic hydroxyl groups excluding tert-OH is 1. The maximum Gasteiger partial charge on any atom is 0.135 e. The molecule has 5 heteroatoms. The highest BCUT2D eigenvalue weighted by Crippen LogP contribution is 2.28. The highest BCUT2D eigenvalue weighted by atomic mass is 16.3. The molecule has 0 radical (unpaired) electrons. The van der Waals surface area contributed by atoms with Crippen molar-refractivity contribution in [1.82, 2.24) is 9.97 Å². The van der Waals surface area contributed by atoms with Crippen LogP contribution in [-0.4, -0.2) is 34.3 Å². The summed E-state index contributed by atoms with van der Waals surface area (Å²) in [5.74, 6) is 2.89. The average Bonchev–Trinajstić information content (AvgIpc) is 2.29. The van der Waals surface area contributed by atoms with Crippen molar-refractivity contribution in [3.63, 3.8) is 0 Å². The molecule has 1 heterocycles. The molecule has 1 aliphatic rings. The van der Waals surface area contributed by atoms with Gasteiger partial charge in [0.15, 0.2) is 0 Å². The van der Waals surface area contributed by atoms with Gasteiger partial charge >= 0.3 is 0 Å². The van der Waals surface area contributed by atoms with Gasteiger partial charge in [0.25, 0.3) is 0 Å². The number of nitrogens with zero attached hydrogens (tertiary/aromatic N) is 2. The summed E-state index contributed by atoms with van der Waals surface area (Å²) in [6.45, 7) is 6.18. The molecule has 5 nitrogen and oxygen atoms in total. The molecule has 0 aromatic carbocycles. The molecule has 1 aliphatic carbocycles. The summed E-state index contributed by atoms with van der Waals surface area (Å²) in [4.78, 5) is 9.09. The molecule has 1 aromatic heterocycles. The first-order valence-corrected chi connectivity index (χ1v) is 6.52. The van der Waals surface area contributed by atoms with E-state index in [1.807, 2.05) is 14.0 Å². The Kier molecular flexibility index (Phi) is 3.71. The predicted molar refractivity (Wildman–Crippen MR) is 73.1 cm³/mol. The zero-order valence-electron chi connectivity index (χ0n) is 11.5. The monoisotopic (exact) mass is 250 g/mol. The van der Waals surface area contributed by atoms with Gasteiger partial charge in [-0.25, -0.2) is 9.97 Å². The number of hydrogen-bond donors (Lipinski definition) is 3. The van der Waals surface area contributed by atoms with Gasteiger partial charge in [0.05, 0.1) is 6.10 Å². The van der Waals surface area contributed by atoms with Crippen molar-refractivity contribution in [3.8, 4) is 0 Å². The first-order chi connectivity index (χ1) is 8.51. The van der Waals surface area contributed by atoms with Crippen molar-refractivity contribution in [3.05, 3.63) is 11.4 Å². The van der Waals surface area contributed by atoms with E-state index in [-0.39, 0.29) is 6.10 Å². The molecule has 0 aliphatic heterocycles. The van der Waals surface area contributed by atoms with Gasteiger partial charge in [-0.15, -0.1) is 0 Å². The standard InChI is InChI=1S/C13H22N4O/c1-7(2)11-16-12(14-4)8(3)13(17-11)15-9-5-10(18)6-9/h7,9-10,18H,5-6H2,1-4H3,(H2,14,15,16,17). The lowest BCUT2D eigenvalue weighted by Crippen LogP contribution is -2.39. The minimum absolute atomic E-state index is 0.155. The lowest BCUT2D eigenvalue weighted by Gasteiger charge is -2.33. The highest BCUT2D eigenvalue weighted by molar-refractivity contribution is 5.57. The molecule has 2 rings (SSSR count). The van der Waals surface area contributed by atoms with E-state index in [1.165, 1.54) is 0 Å². The Morgan fingerprint density at radius 1 is 1.22 bits per heavy atom. The molecule has 0 atom stereocenters. The highest BCUT2D eigenvalue weighted by Gasteiger charge is 2.28. The Balaban J connectivity index is 2.24. The lowest BCUT2D eigenvalue weighted by molar-refractivity contribution is 0.0835. The fraction of sp³-hybridized carbons (Fsp3) is 0.692. The Labute approximate surface area is 108 Å². The number of aromatic nitrogens is 2. The summed E-state index contributed by atoms with van der Waals surface area (Å²) in [5.41, 5.74) is 1.03. The Bertz CT molecular complexity index is 427. The lowest BCUT2D eigenvalue weighted by atomic mass is 9.89. The Morgan fingerprint density at radius 2 is 1.83 bits per heavy atom. The second kappa shape index (κ2) is 5.10. The van der Waals surface area contributed by atoms with Crippen LogP contribution in [0.2, 0.25) is 0 Å². The summed E-state index contributed by atoms with van der Waals surface area (Å²) < 4.78 is 0. The molecule has 3 N–H and O–H groups in total. The average molecular weight is 250 g/mol. The third-order valence-electron chi connectivity index (χ3n) is 3.37. The van der Waals surface area contributed by atoms with Gasteiger partial charge in [-0.2, -0.15) is 0 Å². The van der Waals surface area contributed by atoms with Crippen molar-refractivity contribution < 1.29 is 5.11 Å². The van der Waals surface area contributed by atoms with Crippen LogP contribution in [0, 0.1) is 6.92 Å². The van der Waals surface area contributed by atoms with E-state index < -0.39 is 0 Å². The molecule has 0 amide bonds. The summed E-state index contributed by atoms with van der Waals surface area (Å²) >= 11 is 0. The van der Waals surface area contributed by atoms with Crippen LogP contribution < -0.4 is 10.6 Å². The Hall–Kier alpha value is -1.36. The molecule has 0 spiro atoms. The van der Waals surface area contributed by atoms with Gasteiger partial charge in [0.2, 0.25) is 0 Å². The molecule has 0 unspecified atom stereocenters. The van der Waals surface area contributed by atoms with Crippen molar-refractivity contribution in [1.29, 1.82) is 0 Å². The molecule has 0 bridgehead atoms. The van der Waals surface area contributed by atoms with E-state index >= 15 is 0 Å². The molecule has 18 heavy (non-hydrogen) atoms. The molecule has 1 saturated carbocycles. The van der Waals surface area contributed by atoms with Gasteiger partial charge in [-0.1, -0.05) is 13.8 Å². The van der Waals surface area contributed by atoms with Gasteiger partial charge in [0.1, 0.15) is 17.5 Å². The van der Waals surface area contributed by atoms with E-state index in [2.05, 4.69) is 34.4 Å². The van der Waals surface area contributed by atoms with E-state index in [4.69, 9.17) is 0 Å². The summed E-state index contributed by atoms with van der Waals surface area (Å²) in [6, 6.07) is 0.332. The van der Waals surface area contributed by atoms with E-state index in [0.717, 1.165) is 35.9 Å². The molecular weight excluding hydrogens is 228 g/mol. The van der Waals surface area contributed by atoms with Crippen LogP contribution in [0.4, 0.5) is 11.6 Å². The van der Waals surface area contributed by atoms with Crippen LogP contribution >= 0.6 is 0 Å². The maximum atomic E-state index is 9.32. The van der Waals surface area contributed by atoms with E-state index in [9.17, 15) is 5.11 Å². The van der Waals surface area contributed by atoms with Gasteiger partial charge in [-0.3, -0.25) is 0 Å². The van der Waals surface area contributed by atoms with Crippen LogP contribution in [0.25, 0.3) is 0 Å². The molecule has 0 saturated heterocycles. The number of anilines is 2. The topological polar surface area (TPSA) is 70.1 Å². The quantitative estimate of drug-likeness (QED) is 0.761. The first-order valence-electron chi connectivity index (χ1n) is 6.52. The van der Waals surface area contributed by atoms with Crippen LogP contribution in [0.1, 0.15) is 44.0 Å². The van der Waals surface area contributed by atoms with Gasteiger partial charge in [-0.05, 0) is 19.8 Å². The van der Waals surface area contributed by atoms with Gasteiger partial charge < -0.3 is 15.7 Å². The van der Waals surface area contributed by atoms with Crippen LogP contribution in [0.3, 0.4) is 0 Å². The van der Waals surface area contributed by atoms with Crippen LogP contribution in [0.15, 0.2) is 0 Å². The number of rotatable bonds is 4. The summed E-state index contributed by atoms with van der Waals surface area (Å²) in [6.07, 6.45) is 1.45. The molecule has 1 fully saturated rings. The zero-order valence-corrected chi connectivity index (χ0v) is 11.5. The van der Waals surface area contributed by atoms with Crippen molar-refractivity contribution in [2.24, 2.45) is 0 Å². The minimum Gasteiger partial charge on any atom is -0.393 e. The van der Waals surface area contributed by atoms with Crippen molar-refractivity contribution in [2.75, 3.05) is 17.7 Å². The zero-order chi connectivity index (χ0) is 13.3. The molecule has 1 aromatic rings. The van der Waals surface area contributed by atoms with E-state index in [1.54, 1.807) is 0 Å². The van der Waals surface area contributed by atoms with E-state index in [0.29, 0.717) is 12.0 Å². The Morgan fingerprint density at radius 3 is 2.33 bits per heavy atom. The van der Waals surface area contributed by atoms with Crippen LogP contribution in [0.5, 0.6) is 0 Å². The fourth-order valence-electron chi connectivity index (χ4n) is 2.08. The summed E-state index contributed by atoms with van der Waals surface area (Å²) in [5, 5.41) is 15.8. The number of nitrogens with one attached hydrogen (secondary N) is 2. The van der Waals surface area contributed by atoms with Crippen molar-refractivity contribution in [2.45, 2.75) is 51.7 Å². The molecular formula is C13H22N4O. The number of aliphatic hydroxyl groups is 1. The molecule has 100 valence electrons. The fourth-order valence-corrected chi connectivity index (χ4v) is 2.08. The smallest absolute Gasteiger partial charge is 0.135 e. The third kappa shape index (κ3) is 2.56. The number of hydrogen-bond acceptors (Lipinski definition) is 5. The second-order valence-corrected chi connectivity index (χ2v) is 5.28. The largest absolute Gasteiger partial charge is 0.393 e. The second-order valence-electron chi connectivity index (χ2n) is 5.28. The maximum absolute atomic E-state index is 9.32. The normalized spacial score (nSPS) is 22.8. The first kappa shape index (κ1) is 13.1. The predicted octanol–water partition coefficient (Wildman–Crippen LogP) is 1.89. The van der Waals surface area contributed by atoms with Gasteiger partial charge in [0, 0.05) is 24.6 Å². The SMILES string of the molecule is CNc1nc(C(C)C)nc(NC2CC(O)C2)c1C. The third-order valence-corrected chi connectivity index (χ3v) is 3.37. The van der Waals surface area contributed by atoms with Crippen LogP contribution in [-0.2, 0) is 0 Å². The summed E-state index contributed by atoms with van der Waals surface area (Å²) in [7, 11) is 1.87. The minimum atomic E-state index is -0.155.